The van der Waals surface area contributed by atoms with Gasteiger partial charge in [-0.15, -0.1) is 0 Å². The number of nitrogens with zero attached hydrogens (tertiary/aromatic N) is 1. The van der Waals surface area contributed by atoms with Gasteiger partial charge in [-0.25, -0.2) is 9.37 Å². The molecule has 1 aromatic carbocycles. The number of halogens is 2. The highest BCUT2D eigenvalue weighted by Gasteiger charge is 2.12. The highest BCUT2D eigenvalue weighted by atomic mass is 79.9. The van der Waals surface area contributed by atoms with E-state index < -0.39 is 0 Å². The number of hydrogen-bond donors (Lipinski definition) is 1. The second kappa shape index (κ2) is 3.97. The monoisotopic (exact) mass is 284 g/mol. The van der Waals surface area contributed by atoms with Crippen LogP contribution in [0.2, 0.25) is 0 Å². The van der Waals surface area contributed by atoms with Crippen LogP contribution in [0.3, 0.4) is 0 Å². The zero-order valence-corrected chi connectivity index (χ0v) is 10.4. The van der Waals surface area contributed by atoms with Gasteiger partial charge in [0.15, 0.2) is 0 Å². The molecule has 0 radical (unpaired) electrons. The minimum absolute atomic E-state index is 0.141. The number of hydrogen-bond acceptors (Lipinski definition) is 2. The lowest BCUT2D eigenvalue weighted by Gasteiger charge is -2.07. The van der Waals surface area contributed by atoms with Gasteiger partial charge in [-0.05, 0) is 19.9 Å². The molecule has 0 spiro atoms. The molecule has 1 aromatic heterocycles. The van der Waals surface area contributed by atoms with Crippen molar-refractivity contribution in [2.75, 3.05) is 0 Å². The van der Waals surface area contributed by atoms with Crippen LogP contribution in [0.25, 0.3) is 10.9 Å². The van der Waals surface area contributed by atoms with E-state index in [0.29, 0.717) is 22.3 Å². The maximum atomic E-state index is 13.7. The van der Waals surface area contributed by atoms with E-state index in [4.69, 9.17) is 0 Å². The van der Waals surface area contributed by atoms with E-state index in [2.05, 4.69) is 25.9 Å². The fourth-order valence-corrected chi connectivity index (χ4v) is 1.95. The summed E-state index contributed by atoms with van der Waals surface area (Å²) in [5, 5.41) is 0.410. The minimum atomic E-state index is -0.352. The van der Waals surface area contributed by atoms with Crippen molar-refractivity contribution in [3.63, 3.8) is 0 Å². The van der Waals surface area contributed by atoms with E-state index in [1.807, 2.05) is 0 Å². The van der Waals surface area contributed by atoms with Crippen molar-refractivity contribution in [3.05, 3.63) is 39.7 Å². The highest BCUT2D eigenvalue weighted by molar-refractivity contribution is 9.09. The summed E-state index contributed by atoms with van der Waals surface area (Å²) in [5.41, 5.74) is 0.608. The third kappa shape index (κ3) is 1.87. The third-order valence-corrected chi connectivity index (χ3v) is 2.86. The number of aromatic nitrogens is 2. The summed E-state index contributed by atoms with van der Waals surface area (Å²) in [6, 6.07) is 2.83. The number of aromatic amines is 1. The Balaban J connectivity index is 2.85. The smallest absolute Gasteiger partial charge is 0.258 e. The largest absolute Gasteiger partial charge is 0.310 e. The Morgan fingerprint density at radius 1 is 1.50 bits per heavy atom. The molecule has 5 heteroatoms. The van der Waals surface area contributed by atoms with Crippen molar-refractivity contribution < 1.29 is 4.39 Å². The third-order valence-electron chi connectivity index (χ3n) is 2.37. The van der Waals surface area contributed by atoms with Gasteiger partial charge in [0.05, 0.1) is 10.9 Å². The van der Waals surface area contributed by atoms with Gasteiger partial charge in [-0.1, -0.05) is 15.9 Å². The lowest BCUT2D eigenvalue weighted by atomic mass is 10.1. The molecule has 0 aliphatic rings. The molecule has 0 aliphatic heterocycles. The molecular weight excluding hydrogens is 275 g/mol. The molecule has 2 aromatic rings. The second-order valence-corrected chi connectivity index (χ2v) is 5.03. The molecule has 16 heavy (non-hydrogen) atoms. The zero-order chi connectivity index (χ0) is 11.9. The number of nitrogens with one attached hydrogen (secondary N) is 1. The van der Waals surface area contributed by atoms with Crippen LogP contribution in [-0.2, 0) is 0 Å². The average molecular weight is 285 g/mol. The molecule has 3 nitrogen and oxygen atoms in total. The molecule has 0 aliphatic carbocycles. The van der Waals surface area contributed by atoms with Crippen molar-refractivity contribution >= 4 is 26.8 Å². The van der Waals surface area contributed by atoms with Crippen molar-refractivity contribution in [2.24, 2.45) is 0 Å². The summed E-state index contributed by atoms with van der Waals surface area (Å²) in [7, 11) is 0. The van der Waals surface area contributed by atoms with E-state index in [-0.39, 0.29) is 16.2 Å². The normalized spacial score (nSPS) is 13.0. The molecule has 0 amide bonds. The number of fused-ring (bicyclic) bond motifs is 1. The lowest BCUT2D eigenvalue weighted by molar-refractivity contribution is 0.613. The first-order valence-electron chi connectivity index (χ1n) is 4.83. The molecule has 0 saturated carbocycles. The maximum absolute atomic E-state index is 13.7. The number of rotatable bonds is 1. The van der Waals surface area contributed by atoms with Crippen molar-refractivity contribution in [2.45, 2.75) is 18.7 Å². The fourth-order valence-electron chi connectivity index (χ4n) is 1.60. The van der Waals surface area contributed by atoms with Gasteiger partial charge in [0.2, 0.25) is 0 Å². The van der Waals surface area contributed by atoms with E-state index in [0.717, 1.165) is 0 Å². The van der Waals surface area contributed by atoms with Crippen LogP contribution in [0.1, 0.15) is 23.1 Å². The van der Waals surface area contributed by atoms with Gasteiger partial charge < -0.3 is 4.98 Å². The molecular formula is C11H10BrFN2O. The predicted molar refractivity (Wildman–Crippen MR) is 64.4 cm³/mol. The summed E-state index contributed by atoms with van der Waals surface area (Å²) < 4.78 is 13.7. The maximum Gasteiger partial charge on any atom is 0.258 e. The van der Waals surface area contributed by atoms with E-state index >= 15 is 0 Å². The van der Waals surface area contributed by atoms with Gasteiger partial charge in [0.25, 0.3) is 5.56 Å². The van der Waals surface area contributed by atoms with Crippen LogP contribution in [0.5, 0.6) is 0 Å². The van der Waals surface area contributed by atoms with E-state index in [1.165, 1.54) is 12.1 Å². The quantitative estimate of drug-likeness (QED) is 0.819. The minimum Gasteiger partial charge on any atom is -0.310 e. The molecule has 1 atom stereocenters. The summed E-state index contributed by atoms with van der Waals surface area (Å²) in [6.07, 6.45) is 0. The Hall–Kier alpha value is -1.23. The summed E-state index contributed by atoms with van der Waals surface area (Å²) >= 11 is 3.29. The van der Waals surface area contributed by atoms with Crippen LogP contribution >= 0.6 is 15.9 Å². The molecule has 84 valence electrons. The molecule has 1 N–H and O–H groups in total. The van der Waals surface area contributed by atoms with Crippen molar-refractivity contribution in [1.82, 2.24) is 9.97 Å². The van der Waals surface area contributed by atoms with Crippen molar-refractivity contribution in [3.8, 4) is 0 Å². The number of benzene rings is 1. The highest BCUT2D eigenvalue weighted by Crippen LogP contribution is 2.26. The first-order chi connectivity index (χ1) is 7.49. The SMILES string of the molecule is Cc1nc2cc(F)c(C(C)Br)cc2c(=O)[nH]1. The summed E-state index contributed by atoms with van der Waals surface area (Å²) in [6.45, 7) is 3.47. The Morgan fingerprint density at radius 2 is 2.19 bits per heavy atom. The number of alkyl halides is 1. The lowest BCUT2D eigenvalue weighted by Crippen LogP contribution is -2.10. The average Bonchev–Trinajstić information content (AvgIpc) is 2.15. The Bertz CT molecular complexity index is 607. The summed E-state index contributed by atoms with van der Waals surface area (Å²) in [5.74, 6) is 0.130. The second-order valence-electron chi connectivity index (χ2n) is 3.66. The van der Waals surface area contributed by atoms with Gasteiger partial charge in [0, 0.05) is 16.5 Å². The Morgan fingerprint density at radius 3 is 2.81 bits per heavy atom. The van der Waals surface area contributed by atoms with E-state index in [9.17, 15) is 9.18 Å². The van der Waals surface area contributed by atoms with Gasteiger partial charge in [-0.3, -0.25) is 4.79 Å². The van der Waals surface area contributed by atoms with Gasteiger partial charge in [0.1, 0.15) is 11.6 Å². The predicted octanol–water partition coefficient (Wildman–Crippen LogP) is 2.83. The van der Waals surface area contributed by atoms with Crippen LogP contribution in [0.4, 0.5) is 4.39 Å². The molecule has 1 heterocycles. The van der Waals surface area contributed by atoms with Crippen LogP contribution in [0.15, 0.2) is 16.9 Å². The number of H-pyrrole nitrogens is 1. The van der Waals surface area contributed by atoms with Crippen LogP contribution < -0.4 is 5.56 Å². The van der Waals surface area contributed by atoms with Gasteiger partial charge >= 0.3 is 0 Å². The standard InChI is InChI=1S/C11H10BrFN2O/c1-5(12)7-3-8-10(4-9(7)13)14-6(2)15-11(8)16/h3-5H,1-2H3,(H,14,15,16). The number of aryl methyl sites for hydroxylation is 1. The Kier molecular flexibility index (Phi) is 2.80. The van der Waals surface area contributed by atoms with Crippen LogP contribution in [-0.4, -0.2) is 9.97 Å². The fraction of sp³-hybridized carbons (Fsp3) is 0.273. The molecule has 0 fully saturated rings. The van der Waals surface area contributed by atoms with E-state index in [1.54, 1.807) is 13.8 Å². The van der Waals surface area contributed by atoms with Crippen LogP contribution in [0, 0.1) is 12.7 Å². The molecule has 0 bridgehead atoms. The Labute approximate surface area is 99.8 Å². The van der Waals surface area contributed by atoms with Gasteiger partial charge in [-0.2, -0.15) is 0 Å². The first-order valence-corrected chi connectivity index (χ1v) is 5.74. The molecule has 1 unspecified atom stereocenters. The zero-order valence-electron chi connectivity index (χ0n) is 8.84. The molecule has 0 saturated heterocycles. The summed E-state index contributed by atoms with van der Waals surface area (Å²) in [4.78, 5) is 18.2. The topological polar surface area (TPSA) is 45.8 Å². The molecule has 2 rings (SSSR count). The van der Waals surface area contributed by atoms with Crippen molar-refractivity contribution in [1.29, 1.82) is 0 Å². The first kappa shape index (κ1) is 11.3.